The van der Waals surface area contributed by atoms with E-state index in [0.29, 0.717) is 16.1 Å². The molecule has 8 heteroatoms. The maximum absolute atomic E-state index is 6.16. The molecule has 26 heavy (non-hydrogen) atoms. The molecule has 0 aromatic heterocycles. The topological polar surface area (TPSA) is 43.2 Å². The Morgan fingerprint density at radius 3 is 2.50 bits per heavy atom. The summed E-state index contributed by atoms with van der Waals surface area (Å²) in [7, 11) is 0. The second kappa shape index (κ2) is 9.67. The minimum absolute atomic E-state index is 0. The van der Waals surface area contributed by atoms with Crippen molar-refractivity contribution in [2.45, 2.75) is 39.2 Å². The Balaban J connectivity index is 0.00000243. The first kappa shape index (κ1) is 21.1. The molecule has 0 spiro atoms. The first-order valence-corrected chi connectivity index (χ1v) is 9.67. The summed E-state index contributed by atoms with van der Waals surface area (Å²) in [6.45, 7) is 8.07. The van der Waals surface area contributed by atoms with Crippen LogP contribution in [0, 0.1) is 0 Å². The number of anilines is 1. The Morgan fingerprint density at radius 1 is 1.12 bits per heavy atom. The summed E-state index contributed by atoms with van der Waals surface area (Å²) >= 11 is 12.2. The minimum atomic E-state index is 0. The molecule has 0 aliphatic carbocycles. The van der Waals surface area contributed by atoms with Gasteiger partial charge in [-0.05, 0) is 51.3 Å². The van der Waals surface area contributed by atoms with Crippen LogP contribution in [0.1, 0.15) is 33.1 Å². The number of rotatable bonds is 2. The molecule has 1 fully saturated rings. The molecule has 144 valence electrons. The highest BCUT2D eigenvalue weighted by atomic mass is 35.5. The minimum Gasteiger partial charge on any atom is -0.342 e. The summed E-state index contributed by atoms with van der Waals surface area (Å²) in [6.07, 6.45) is 3.64. The fraction of sp³-hybridized carbons (Fsp3) is 0.556. The number of hydrogen-bond acceptors (Lipinski definition) is 3. The normalized spacial score (nSPS) is 18.0. The zero-order valence-electron chi connectivity index (χ0n) is 15.2. The van der Waals surface area contributed by atoms with Crippen LogP contribution in [-0.4, -0.2) is 53.9 Å². The molecule has 0 radical (unpaired) electrons. The van der Waals surface area contributed by atoms with E-state index in [-0.39, 0.29) is 12.4 Å². The fourth-order valence-corrected chi connectivity index (χ4v) is 3.42. The van der Waals surface area contributed by atoms with Crippen molar-refractivity contribution in [2.75, 3.05) is 31.5 Å². The van der Waals surface area contributed by atoms with Gasteiger partial charge in [-0.3, -0.25) is 0 Å². The number of piperidine rings is 1. The van der Waals surface area contributed by atoms with E-state index in [2.05, 4.69) is 34.0 Å². The van der Waals surface area contributed by atoms with Crippen LogP contribution < -0.4 is 5.32 Å². The lowest BCUT2D eigenvalue weighted by atomic mass is 10.1. The van der Waals surface area contributed by atoms with Gasteiger partial charge in [-0.2, -0.15) is 4.99 Å². The molecule has 0 atom stereocenters. The molecule has 2 aliphatic heterocycles. The summed E-state index contributed by atoms with van der Waals surface area (Å²) in [5, 5.41) is 4.51. The van der Waals surface area contributed by atoms with E-state index < -0.39 is 0 Å². The van der Waals surface area contributed by atoms with Gasteiger partial charge >= 0.3 is 0 Å². The predicted octanol–water partition coefficient (Wildman–Crippen LogP) is 4.75. The number of benzene rings is 1. The van der Waals surface area contributed by atoms with E-state index in [1.54, 1.807) is 6.07 Å². The predicted molar refractivity (Wildman–Crippen MR) is 114 cm³/mol. The van der Waals surface area contributed by atoms with Crippen LogP contribution in [-0.2, 0) is 0 Å². The van der Waals surface area contributed by atoms with E-state index in [0.717, 1.165) is 43.8 Å². The second-order valence-electron chi connectivity index (χ2n) is 6.71. The van der Waals surface area contributed by atoms with E-state index in [1.165, 1.54) is 19.3 Å². The van der Waals surface area contributed by atoms with Crippen LogP contribution in [0.4, 0.5) is 5.69 Å². The Kier molecular flexibility index (Phi) is 7.86. The lowest BCUT2D eigenvalue weighted by Crippen LogP contribution is -2.42. The molecular weight excluding hydrogens is 393 g/mol. The number of halogens is 3. The van der Waals surface area contributed by atoms with Crippen molar-refractivity contribution in [1.29, 1.82) is 0 Å². The maximum Gasteiger partial charge on any atom is 0.224 e. The molecule has 2 heterocycles. The van der Waals surface area contributed by atoms with Crippen molar-refractivity contribution in [3.8, 4) is 0 Å². The van der Waals surface area contributed by atoms with Gasteiger partial charge in [-0.1, -0.05) is 23.2 Å². The molecule has 5 nitrogen and oxygen atoms in total. The monoisotopic (exact) mass is 417 g/mol. The van der Waals surface area contributed by atoms with Gasteiger partial charge in [-0.15, -0.1) is 12.4 Å². The average Bonchev–Trinajstić information content (AvgIpc) is 3.07. The van der Waals surface area contributed by atoms with Gasteiger partial charge in [0.2, 0.25) is 11.9 Å². The van der Waals surface area contributed by atoms with Crippen LogP contribution in [0.5, 0.6) is 0 Å². The molecule has 1 aromatic carbocycles. The fourth-order valence-electron chi connectivity index (χ4n) is 3.12. The van der Waals surface area contributed by atoms with Gasteiger partial charge in [0, 0.05) is 31.4 Å². The number of nitrogens with zero attached hydrogens (tertiary/aromatic N) is 4. The standard InChI is InChI=1S/C18H25Cl2N5.ClH/c1-13(2)25-11-8-21-17(25)23-18(24-9-4-3-5-10-24)22-14-6-7-15(19)16(20)12-14;/h6-7,12-13H,3-5,8-11H2,1-2H3,(H,21,22,23);1H. The summed E-state index contributed by atoms with van der Waals surface area (Å²) in [4.78, 5) is 14.0. The van der Waals surface area contributed by atoms with E-state index in [9.17, 15) is 0 Å². The van der Waals surface area contributed by atoms with Crippen molar-refractivity contribution in [3.63, 3.8) is 0 Å². The Bertz CT molecular complexity index is 669. The SMILES string of the molecule is CC(C)N1CCN=C1N=C(Nc1ccc(Cl)c(Cl)c1)N1CCCCC1.Cl. The van der Waals surface area contributed by atoms with Crippen LogP contribution in [0.3, 0.4) is 0 Å². The Labute approximate surface area is 171 Å². The lowest BCUT2D eigenvalue weighted by Gasteiger charge is -2.31. The Hall–Kier alpha value is -1.17. The highest BCUT2D eigenvalue weighted by Crippen LogP contribution is 2.25. The van der Waals surface area contributed by atoms with Crippen molar-refractivity contribution in [2.24, 2.45) is 9.98 Å². The van der Waals surface area contributed by atoms with Crippen molar-refractivity contribution < 1.29 is 0 Å². The first-order chi connectivity index (χ1) is 12.0. The number of aliphatic imine (C=N–C) groups is 2. The number of guanidine groups is 2. The van der Waals surface area contributed by atoms with Gasteiger partial charge in [0.1, 0.15) is 0 Å². The van der Waals surface area contributed by atoms with Gasteiger partial charge in [0.05, 0.1) is 16.6 Å². The summed E-state index contributed by atoms with van der Waals surface area (Å²) in [6, 6.07) is 5.94. The lowest BCUT2D eigenvalue weighted by molar-refractivity contribution is 0.340. The molecule has 3 rings (SSSR count). The van der Waals surface area contributed by atoms with Gasteiger partial charge in [-0.25, -0.2) is 4.99 Å². The summed E-state index contributed by atoms with van der Waals surface area (Å²) in [5.74, 6) is 1.65. The van der Waals surface area contributed by atoms with Crippen LogP contribution >= 0.6 is 35.6 Å². The van der Waals surface area contributed by atoms with E-state index in [1.807, 2.05) is 12.1 Å². The number of nitrogens with one attached hydrogen (secondary N) is 1. The zero-order valence-corrected chi connectivity index (χ0v) is 17.5. The largest absolute Gasteiger partial charge is 0.342 e. The highest BCUT2D eigenvalue weighted by molar-refractivity contribution is 6.42. The van der Waals surface area contributed by atoms with Gasteiger partial charge in [0.25, 0.3) is 0 Å². The van der Waals surface area contributed by atoms with E-state index >= 15 is 0 Å². The van der Waals surface area contributed by atoms with Crippen molar-refractivity contribution >= 4 is 53.2 Å². The molecule has 0 unspecified atom stereocenters. The molecular formula is C18H26Cl3N5. The van der Waals surface area contributed by atoms with Gasteiger partial charge in [0.15, 0.2) is 0 Å². The summed E-state index contributed by atoms with van der Waals surface area (Å²) < 4.78 is 0. The zero-order chi connectivity index (χ0) is 17.8. The molecule has 0 amide bonds. The molecule has 0 bridgehead atoms. The molecule has 0 saturated carbocycles. The first-order valence-electron chi connectivity index (χ1n) is 8.91. The van der Waals surface area contributed by atoms with Crippen molar-refractivity contribution in [1.82, 2.24) is 9.80 Å². The quantitative estimate of drug-likeness (QED) is 0.557. The van der Waals surface area contributed by atoms with Crippen LogP contribution in [0.15, 0.2) is 28.2 Å². The van der Waals surface area contributed by atoms with E-state index in [4.69, 9.17) is 28.2 Å². The molecule has 2 aliphatic rings. The third-order valence-corrected chi connectivity index (χ3v) is 5.25. The molecule has 1 aromatic rings. The van der Waals surface area contributed by atoms with Gasteiger partial charge < -0.3 is 15.1 Å². The van der Waals surface area contributed by atoms with Crippen LogP contribution in [0.2, 0.25) is 10.0 Å². The third kappa shape index (κ3) is 5.18. The maximum atomic E-state index is 6.16. The smallest absolute Gasteiger partial charge is 0.224 e. The van der Waals surface area contributed by atoms with Crippen LogP contribution in [0.25, 0.3) is 0 Å². The molecule has 1 N–H and O–H groups in total. The summed E-state index contributed by atoms with van der Waals surface area (Å²) in [5.41, 5.74) is 0.883. The Morgan fingerprint density at radius 2 is 1.85 bits per heavy atom. The highest BCUT2D eigenvalue weighted by Gasteiger charge is 2.22. The number of likely N-dealkylation sites (tertiary alicyclic amines) is 1. The van der Waals surface area contributed by atoms with Crippen molar-refractivity contribution in [3.05, 3.63) is 28.2 Å². The third-order valence-electron chi connectivity index (χ3n) is 4.51. The molecule has 1 saturated heterocycles. The average molecular weight is 419 g/mol. The number of hydrogen-bond donors (Lipinski definition) is 1. The second-order valence-corrected chi connectivity index (χ2v) is 7.52.